The third-order valence-corrected chi connectivity index (χ3v) is 4.11. The molecule has 21 heavy (non-hydrogen) atoms. The largest absolute Gasteiger partial charge is 0.382 e. The summed E-state index contributed by atoms with van der Waals surface area (Å²) in [5, 5.41) is 15.0. The Kier molecular flexibility index (Phi) is 5.37. The van der Waals surface area contributed by atoms with Gasteiger partial charge < -0.3 is 10.0 Å². The van der Waals surface area contributed by atoms with Gasteiger partial charge in [0.15, 0.2) is 0 Å². The van der Waals surface area contributed by atoms with E-state index >= 15 is 0 Å². The van der Waals surface area contributed by atoms with Gasteiger partial charge in [-0.15, -0.1) is 0 Å². The van der Waals surface area contributed by atoms with Gasteiger partial charge in [0.1, 0.15) is 11.9 Å². The van der Waals surface area contributed by atoms with Gasteiger partial charge in [-0.2, -0.15) is 5.10 Å². The van der Waals surface area contributed by atoms with E-state index in [2.05, 4.69) is 21.0 Å². The highest BCUT2D eigenvalue weighted by Gasteiger charge is 2.24. The number of aromatic nitrogens is 2. The SMILES string of the molecule is CN(C)CCn1ncc(Cl)c1C(O)c1c(F)cccc1Br. The van der Waals surface area contributed by atoms with Crippen LogP contribution in [0, 0.1) is 5.82 Å². The lowest BCUT2D eigenvalue weighted by Crippen LogP contribution is -2.21. The molecule has 0 radical (unpaired) electrons. The summed E-state index contributed by atoms with van der Waals surface area (Å²) in [4.78, 5) is 1.99. The van der Waals surface area contributed by atoms with Crippen LogP contribution in [0.15, 0.2) is 28.9 Å². The number of aliphatic hydroxyl groups excluding tert-OH is 1. The van der Waals surface area contributed by atoms with E-state index < -0.39 is 11.9 Å². The molecule has 2 rings (SSSR count). The van der Waals surface area contributed by atoms with Gasteiger partial charge in [0, 0.05) is 16.6 Å². The molecule has 1 heterocycles. The summed E-state index contributed by atoms with van der Waals surface area (Å²) in [6.45, 7) is 1.29. The summed E-state index contributed by atoms with van der Waals surface area (Å²) in [5.41, 5.74) is 0.551. The molecule has 0 aliphatic carbocycles. The zero-order valence-electron chi connectivity index (χ0n) is 11.7. The number of hydrogen-bond acceptors (Lipinski definition) is 3. The standard InChI is InChI=1S/C14H16BrClFN3O/c1-19(2)6-7-20-13(10(16)8-18-20)14(21)12-9(15)4-3-5-11(12)17/h3-5,8,14,21H,6-7H2,1-2H3. The Morgan fingerprint density at radius 3 is 2.81 bits per heavy atom. The van der Waals surface area contributed by atoms with Gasteiger partial charge >= 0.3 is 0 Å². The van der Waals surface area contributed by atoms with E-state index in [-0.39, 0.29) is 5.56 Å². The minimum absolute atomic E-state index is 0.158. The molecule has 2 aromatic rings. The molecule has 0 saturated carbocycles. The molecule has 1 N–H and O–H groups in total. The van der Waals surface area contributed by atoms with Crippen LogP contribution in [-0.4, -0.2) is 40.4 Å². The third kappa shape index (κ3) is 3.63. The second-order valence-electron chi connectivity index (χ2n) is 4.94. The molecule has 7 heteroatoms. The molecular formula is C14H16BrClFN3O. The number of aliphatic hydroxyl groups is 1. The van der Waals surface area contributed by atoms with Gasteiger partial charge in [-0.25, -0.2) is 4.39 Å². The number of nitrogens with zero attached hydrogens (tertiary/aromatic N) is 3. The van der Waals surface area contributed by atoms with Crippen molar-refractivity contribution in [2.45, 2.75) is 12.6 Å². The highest BCUT2D eigenvalue weighted by Crippen LogP contribution is 2.34. The average molecular weight is 377 g/mol. The molecule has 1 aromatic carbocycles. The summed E-state index contributed by atoms with van der Waals surface area (Å²) in [6.07, 6.45) is 0.280. The summed E-state index contributed by atoms with van der Waals surface area (Å²) < 4.78 is 16.1. The van der Waals surface area contributed by atoms with E-state index in [1.54, 1.807) is 16.8 Å². The smallest absolute Gasteiger partial charge is 0.130 e. The van der Waals surface area contributed by atoms with E-state index in [0.717, 1.165) is 6.54 Å². The Hall–Kier alpha value is -0.950. The number of likely N-dealkylation sites (N-methyl/N-ethyl adjacent to an activating group) is 1. The maximum atomic E-state index is 14.0. The number of benzene rings is 1. The lowest BCUT2D eigenvalue weighted by Gasteiger charge is -2.17. The predicted molar refractivity (Wildman–Crippen MR) is 84.0 cm³/mol. The van der Waals surface area contributed by atoms with Crippen molar-refractivity contribution in [2.75, 3.05) is 20.6 Å². The average Bonchev–Trinajstić information content (AvgIpc) is 2.77. The zero-order chi connectivity index (χ0) is 15.6. The summed E-state index contributed by atoms with van der Waals surface area (Å²) >= 11 is 9.38. The molecule has 0 bridgehead atoms. The van der Waals surface area contributed by atoms with Gasteiger partial charge in [-0.1, -0.05) is 33.6 Å². The van der Waals surface area contributed by atoms with Crippen molar-refractivity contribution >= 4 is 27.5 Å². The Morgan fingerprint density at radius 1 is 1.48 bits per heavy atom. The van der Waals surface area contributed by atoms with Crippen molar-refractivity contribution in [3.8, 4) is 0 Å². The molecule has 4 nitrogen and oxygen atoms in total. The van der Waals surface area contributed by atoms with Crippen molar-refractivity contribution < 1.29 is 9.50 Å². The minimum Gasteiger partial charge on any atom is -0.382 e. The first kappa shape index (κ1) is 16.4. The van der Waals surface area contributed by atoms with E-state index in [1.807, 2.05) is 19.0 Å². The second kappa shape index (κ2) is 6.87. The van der Waals surface area contributed by atoms with Crippen molar-refractivity contribution in [1.29, 1.82) is 0 Å². The Bertz CT molecular complexity index is 612. The fourth-order valence-electron chi connectivity index (χ4n) is 2.03. The molecule has 0 spiro atoms. The van der Waals surface area contributed by atoms with Crippen LogP contribution >= 0.6 is 27.5 Å². The number of hydrogen-bond donors (Lipinski definition) is 1. The number of rotatable bonds is 5. The van der Waals surface area contributed by atoms with E-state index in [4.69, 9.17) is 11.6 Å². The molecule has 0 fully saturated rings. The van der Waals surface area contributed by atoms with Crippen LogP contribution < -0.4 is 0 Å². The van der Waals surface area contributed by atoms with Gasteiger partial charge in [0.25, 0.3) is 0 Å². The van der Waals surface area contributed by atoms with Gasteiger partial charge in [-0.3, -0.25) is 4.68 Å². The summed E-state index contributed by atoms with van der Waals surface area (Å²) in [5.74, 6) is -0.492. The summed E-state index contributed by atoms with van der Waals surface area (Å²) in [7, 11) is 3.88. The highest BCUT2D eigenvalue weighted by atomic mass is 79.9. The molecule has 1 unspecified atom stereocenters. The Morgan fingerprint density at radius 2 is 2.19 bits per heavy atom. The minimum atomic E-state index is -1.18. The molecule has 0 aliphatic heterocycles. The summed E-state index contributed by atoms with van der Waals surface area (Å²) in [6, 6.07) is 4.55. The van der Waals surface area contributed by atoms with Crippen LogP contribution in [0.25, 0.3) is 0 Å². The van der Waals surface area contributed by atoms with Crippen molar-refractivity contribution in [1.82, 2.24) is 14.7 Å². The van der Waals surface area contributed by atoms with Crippen molar-refractivity contribution in [3.63, 3.8) is 0 Å². The van der Waals surface area contributed by atoms with Crippen LogP contribution in [0.5, 0.6) is 0 Å². The van der Waals surface area contributed by atoms with Gasteiger partial charge in [-0.05, 0) is 26.2 Å². The first-order valence-corrected chi connectivity index (χ1v) is 7.56. The topological polar surface area (TPSA) is 41.3 Å². The Labute approximate surface area is 136 Å². The molecule has 0 aliphatic rings. The molecular weight excluding hydrogens is 361 g/mol. The first-order chi connectivity index (χ1) is 9.91. The second-order valence-corrected chi connectivity index (χ2v) is 6.20. The van der Waals surface area contributed by atoms with Crippen molar-refractivity contribution in [2.24, 2.45) is 0 Å². The predicted octanol–water partition coefficient (Wildman–Crippen LogP) is 3.08. The molecule has 0 amide bonds. The lowest BCUT2D eigenvalue weighted by molar-refractivity contribution is 0.200. The monoisotopic (exact) mass is 375 g/mol. The van der Waals surface area contributed by atoms with Gasteiger partial charge in [0.05, 0.1) is 23.5 Å². The van der Waals surface area contributed by atoms with E-state index in [1.165, 1.54) is 12.3 Å². The van der Waals surface area contributed by atoms with Crippen molar-refractivity contribution in [3.05, 3.63) is 51.0 Å². The van der Waals surface area contributed by atoms with Crippen LogP contribution in [0.4, 0.5) is 4.39 Å². The zero-order valence-corrected chi connectivity index (χ0v) is 14.1. The first-order valence-electron chi connectivity index (χ1n) is 6.39. The van der Waals surface area contributed by atoms with E-state index in [9.17, 15) is 9.50 Å². The van der Waals surface area contributed by atoms with E-state index in [0.29, 0.717) is 21.7 Å². The quantitative estimate of drug-likeness (QED) is 0.872. The fraction of sp³-hybridized carbons (Fsp3) is 0.357. The third-order valence-electron chi connectivity index (χ3n) is 3.12. The van der Waals surface area contributed by atoms with Crippen LogP contribution in [-0.2, 0) is 6.54 Å². The fourth-order valence-corrected chi connectivity index (χ4v) is 2.83. The van der Waals surface area contributed by atoms with Gasteiger partial charge in [0.2, 0.25) is 0 Å². The maximum Gasteiger partial charge on any atom is 0.130 e. The van der Waals surface area contributed by atoms with Crippen LogP contribution in [0.2, 0.25) is 5.02 Å². The normalized spacial score (nSPS) is 12.9. The van der Waals surface area contributed by atoms with Crippen LogP contribution in [0.3, 0.4) is 0 Å². The molecule has 0 saturated heterocycles. The highest BCUT2D eigenvalue weighted by molar-refractivity contribution is 9.10. The van der Waals surface area contributed by atoms with Crippen LogP contribution in [0.1, 0.15) is 17.4 Å². The number of halogens is 3. The molecule has 1 atom stereocenters. The molecule has 1 aromatic heterocycles. The Balaban J connectivity index is 2.39. The lowest BCUT2D eigenvalue weighted by atomic mass is 10.1. The maximum absolute atomic E-state index is 14.0. The molecule has 114 valence electrons.